The van der Waals surface area contributed by atoms with Crippen molar-refractivity contribution in [3.05, 3.63) is 10.1 Å². The standard InChI is InChI=1S/CH4N4O2.K.H/c2-1(3)4-5(6)7;;/h(H4,2,3,4);;/q;+1;-1. The van der Waals surface area contributed by atoms with Gasteiger partial charge in [0.25, 0.3) is 5.96 Å². The van der Waals surface area contributed by atoms with Crippen molar-refractivity contribution in [2.45, 2.75) is 0 Å². The number of hydrazone groups is 1. The molecule has 7 heteroatoms. The molecule has 0 bridgehead atoms. The van der Waals surface area contributed by atoms with Crippen LogP contribution in [0.15, 0.2) is 5.10 Å². The van der Waals surface area contributed by atoms with Gasteiger partial charge in [0.05, 0.1) is 5.10 Å². The van der Waals surface area contributed by atoms with E-state index in [-0.39, 0.29) is 52.8 Å². The van der Waals surface area contributed by atoms with Crippen molar-refractivity contribution in [3.8, 4) is 0 Å². The molecule has 0 unspecified atom stereocenters. The summed E-state index contributed by atoms with van der Waals surface area (Å²) in [5.74, 6) is -0.537. The molecule has 0 aliphatic heterocycles. The molecule has 4 N–H and O–H groups in total. The summed E-state index contributed by atoms with van der Waals surface area (Å²) in [5.41, 5.74) is 9.16. The fourth-order valence-electron chi connectivity index (χ4n) is 0.0943. The van der Waals surface area contributed by atoms with Gasteiger partial charge in [0, 0.05) is 0 Å². The quantitative estimate of drug-likeness (QED) is 0.127. The van der Waals surface area contributed by atoms with E-state index in [0.29, 0.717) is 0 Å². The average molecular weight is 144 g/mol. The van der Waals surface area contributed by atoms with E-state index in [1.165, 1.54) is 0 Å². The molecule has 0 amide bonds. The first-order valence-corrected chi connectivity index (χ1v) is 1.37. The third-order valence-electron chi connectivity index (χ3n) is 0.197. The van der Waals surface area contributed by atoms with Crippen LogP contribution in [-0.2, 0) is 0 Å². The molecule has 0 radical (unpaired) electrons. The third kappa shape index (κ3) is 9.58. The summed E-state index contributed by atoms with van der Waals surface area (Å²) in [4.78, 5) is 9.27. The van der Waals surface area contributed by atoms with Gasteiger partial charge in [-0.25, -0.2) is 10.1 Å². The van der Waals surface area contributed by atoms with Crippen LogP contribution in [0.2, 0.25) is 0 Å². The van der Waals surface area contributed by atoms with Crippen LogP contribution in [0.1, 0.15) is 1.43 Å². The first-order valence-electron chi connectivity index (χ1n) is 1.37. The van der Waals surface area contributed by atoms with Gasteiger partial charge in [-0.15, -0.1) is 0 Å². The Morgan fingerprint density at radius 1 is 1.75 bits per heavy atom. The summed E-state index contributed by atoms with van der Waals surface area (Å²) in [6.45, 7) is 0. The van der Waals surface area contributed by atoms with Gasteiger partial charge in [-0.1, -0.05) is 0 Å². The number of nitrogens with zero attached hydrogens (tertiary/aromatic N) is 2. The molecule has 6 nitrogen and oxygen atoms in total. The Hall–Kier alpha value is 0.306. The fraction of sp³-hybridized carbons (Fsp3) is 0. The molecule has 0 rings (SSSR count). The van der Waals surface area contributed by atoms with Gasteiger partial charge < -0.3 is 12.9 Å². The summed E-state index contributed by atoms with van der Waals surface area (Å²) in [7, 11) is 0. The summed E-state index contributed by atoms with van der Waals surface area (Å²) in [5, 5.41) is 10.8. The van der Waals surface area contributed by atoms with Crippen LogP contribution in [-0.4, -0.2) is 11.0 Å². The Labute approximate surface area is 89.3 Å². The molecule has 0 atom stereocenters. The van der Waals surface area contributed by atoms with Gasteiger partial charge in [0.2, 0.25) is 0 Å². The first kappa shape index (κ1) is 11.1. The van der Waals surface area contributed by atoms with E-state index in [0.717, 1.165) is 0 Å². The van der Waals surface area contributed by atoms with Crippen molar-refractivity contribution in [3.63, 3.8) is 0 Å². The van der Waals surface area contributed by atoms with Crippen LogP contribution >= 0.6 is 0 Å². The molecule has 0 aromatic heterocycles. The van der Waals surface area contributed by atoms with Gasteiger partial charge in [0.15, 0.2) is 5.03 Å². The molecular formula is CH5KN4O2. The molecule has 8 heavy (non-hydrogen) atoms. The minimum atomic E-state index is -0.963. The Bertz CT molecular complexity index is 111. The molecule has 0 aliphatic carbocycles. The Morgan fingerprint density at radius 3 is 2.12 bits per heavy atom. The first-order chi connectivity index (χ1) is 3.13. The van der Waals surface area contributed by atoms with Crippen molar-refractivity contribution in [2.24, 2.45) is 16.6 Å². The second-order valence-electron chi connectivity index (χ2n) is 0.763. The number of hydrogen-bond acceptors (Lipinski definition) is 2. The number of nitro groups is 1. The van der Waals surface area contributed by atoms with Crippen molar-refractivity contribution in [2.75, 3.05) is 0 Å². The minimum Gasteiger partial charge on any atom is -1.00 e. The largest absolute Gasteiger partial charge is 1.00 e. The number of guanidine groups is 1. The zero-order chi connectivity index (χ0) is 5.86. The minimum absolute atomic E-state index is 0. The predicted octanol–water partition coefficient (Wildman–Crippen LogP) is -4.43. The maximum absolute atomic E-state index is 9.27. The fourth-order valence-corrected chi connectivity index (χ4v) is 0.0943. The molecule has 0 spiro atoms. The zero-order valence-electron chi connectivity index (χ0n) is 5.37. The molecule has 0 aromatic carbocycles. The van der Waals surface area contributed by atoms with Gasteiger partial charge in [-0.3, -0.25) is 0 Å². The second kappa shape index (κ2) is 5.44. The van der Waals surface area contributed by atoms with Crippen LogP contribution in [0.25, 0.3) is 0 Å². The maximum atomic E-state index is 9.27. The summed E-state index contributed by atoms with van der Waals surface area (Å²) in [6.07, 6.45) is 0. The normalized spacial score (nSPS) is 6.50. The monoisotopic (exact) mass is 144 g/mol. The Kier molecular flexibility index (Phi) is 7.59. The molecule has 0 saturated heterocycles. The SMILES string of the molecule is NC(N)=N[N+](=O)[O-].[H-].[K+]. The van der Waals surface area contributed by atoms with Gasteiger partial charge in [0.1, 0.15) is 0 Å². The van der Waals surface area contributed by atoms with E-state index < -0.39 is 11.0 Å². The zero-order valence-corrected chi connectivity index (χ0v) is 7.49. The van der Waals surface area contributed by atoms with E-state index in [1.807, 2.05) is 0 Å². The van der Waals surface area contributed by atoms with Gasteiger partial charge in [-0.2, -0.15) is 0 Å². The van der Waals surface area contributed by atoms with Crippen LogP contribution in [0.5, 0.6) is 0 Å². The molecule has 42 valence electrons. The third-order valence-corrected chi connectivity index (χ3v) is 0.197. The van der Waals surface area contributed by atoms with Crippen LogP contribution in [0, 0.1) is 10.1 Å². The van der Waals surface area contributed by atoms with E-state index in [2.05, 4.69) is 16.6 Å². The number of rotatable bonds is 1. The topological polar surface area (TPSA) is 108 Å². The van der Waals surface area contributed by atoms with Crippen LogP contribution in [0.4, 0.5) is 0 Å². The van der Waals surface area contributed by atoms with E-state index in [1.54, 1.807) is 0 Å². The van der Waals surface area contributed by atoms with Crippen LogP contribution < -0.4 is 62.9 Å². The van der Waals surface area contributed by atoms with E-state index in [9.17, 15) is 10.1 Å². The van der Waals surface area contributed by atoms with Crippen molar-refractivity contribution >= 4 is 5.96 Å². The maximum Gasteiger partial charge on any atom is 1.00 e. The summed E-state index contributed by atoms with van der Waals surface area (Å²) in [6, 6.07) is 0. The average Bonchev–Trinajstić information content (AvgIpc) is 1.27. The van der Waals surface area contributed by atoms with Crippen molar-refractivity contribution < 1.29 is 57.8 Å². The van der Waals surface area contributed by atoms with E-state index in [4.69, 9.17) is 0 Å². The van der Waals surface area contributed by atoms with E-state index >= 15 is 0 Å². The molecular weight excluding hydrogens is 139 g/mol. The molecule has 0 fully saturated rings. The predicted molar refractivity (Wildman–Crippen MR) is 23.9 cm³/mol. The molecule has 0 aliphatic rings. The number of hydrogen-bond donors (Lipinski definition) is 2. The van der Waals surface area contributed by atoms with Gasteiger partial charge >= 0.3 is 51.4 Å². The smallest absolute Gasteiger partial charge is 1.00 e. The molecule has 0 heterocycles. The molecule has 0 saturated carbocycles. The van der Waals surface area contributed by atoms with Gasteiger partial charge in [-0.05, 0) is 0 Å². The number of nitrogens with two attached hydrogens (primary N) is 2. The van der Waals surface area contributed by atoms with Crippen molar-refractivity contribution in [1.82, 2.24) is 0 Å². The summed E-state index contributed by atoms with van der Waals surface area (Å²) < 4.78 is 0. The second-order valence-corrected chi connectivity index (χ2v) is 0.763. The van der Waals surface area contributed by atoms with Crippen LogP contribution in [0.3, 0.4) is 0 Å². The Balaban J connectivity index is -0.000000180. The van der Waals surface area contributed by atoms with Crippen molar-refractivity contribution in [1.29, 1.82) is 0 Å². The Morgan fingerprint density at radius 2 is 2.12 bits per heavy atom. The summed E-state index contributed by atoms with van der Waals surface area (Å²) >= 11 is 0. The molecule has 0 aromatic rings.